The molecule has 1 aliphatic heterocycles. The smallest absolute Gasteiger partial charge is 0.223 e. The van der Waals surface area contributed by atoms with Crippen LogP contribution in [-0.2, 0) is 11.3 Å². The number of hydrogen-bond acceptors (Lipinski definition) is 5. The van der Waals surface area contributed by atoms with Gasteiger partial charge < -0.3 is 9.42 Å². The number of piperidine rings is 1. The number of likely N-dealkylation sites (tertiary alicyclic amines) is 1. The number of carbonyl (C=O) groups excluding carboxylic acids is 1. The summed E-state index contributed by atoms with van der Waals surface area (Å²) < 4.78 is 7.08. The molecule has 0 aromatic carbocycles. The van der Waals surface area contributed by atoms with Crippen LogP contribution in [0.5, 0.6) is 0 Å². The van der Waals surface area contributed by atoms with Gasteiger partial charge >= 0.3 is 0 Å². The molecule has 0 bridgehead atoms. The zero-order chi connectivity index (χ0) is 17.1. The lowest BCUT2D eigenvalue weighted by Crippen LogP contribution is -2.41. The van der Waals surface area contributed by atoms with Crippen LogP contribution in [0.3, 0.4) is 0 Å². The van der Waals surface area contributed by atoms with Gasteiger partial charge in [-0.3, -0.25) is 9.48 Å². The first kappa shape index (κ1) is 16.7. The van der Waals surface area contributed by atoms with Crippen molar-refractivity contribution in [2.75, 3.05) is 13.1 Å². The van der Waals surface area contributed by atoms with Gasteiger partial charge in [0.2, 0.25) is 5.91 Å². The summed E-state index contributed by atoms with van der Waals surface area (Å²) in [5.41, 5.74) is 1.95. The first-order chi connectivity index (χ1) is 11.5. The van der Waals surface area contributed by atoms with Crippen molar-refractivity contribution in [3.05, 3.63) is 29.7 Å². The van der Waals surface area contributed by atoms with Gasteiger partial charge in [0.15, 0.2) is 0 Å². The molecule has 7 heteroatoms. The van der Waals surface area contributed by atoms with E-state index >= 15 is 0 Å². The SMILES string of the molecule is Cc1noc(C)c1[C@@H](C)CC(=O)N1CCC[C@@H](Cn2cncn2)C1. The molecule has 7 nitrogen and oxygen atoms in total. The fourth-order valence-corrected chi connectivity index (χ4v) is 3.72. The van der Waals surface area contributed by atoms with Crippen molar-refractivity contribution in [1.82, 2.24) is 24.8 Å². The molecule has 24 heavy (non-hydrogen) atoms. The Morgan fingerprint density at radius 3 is 2.96 bits per heavy atom. The van der Waals surface area contributed by atoms with Crippen LogP contribution in [0, 0.1) is 19.8 Å². The number of carbonyl (C=O) groups is 1. The average molecular weight is 331 g/mol. The second kappa shape index (κ2) is 7.15. The number of nitrogens with zero attached hydrogens (tertiary/aromatic N) is 5. The minimum atomic E-state index is 0.124. The van der Waals surface area contributed by atoms with E-state index in [1.165, 1.54) is 0 Å². The highest BCUT2D eigenvalue weighted by Crippen LogP contribution is 2.27. The molecule has 0 unspecified atom stereocenters. The molecule has 0 radical (unpaired) electrons. The first-order valence-corrected chi connectivity index (χ1v) is 8.57. The number of rotatable bonds is 5. The molecular weight excluding hydrogens is 306 g/mol. The largest absolute Gasteiger partial charge is 0.361 e. The second-order valence-electron chi connectivity index (χ2n) is 6.81. The summed E-state index contributed by atoms with van der Waals surface area (Å²) in [6, 6.07) is 0. The van der Waals surface area contributed by atoms with Crippen LogP contribution in [0.1, 0.15) is 49.1 Å². The van der Waals surface area contributed by atoms with Gasteiger partial charge in [-0.25, -0.2) is 4.98 Å². The summed E-state index contributed by atoms with van der Waals surface area (Å²) in [5.74, 6) is 1.60. The maximum atomic E-state index is 12.7. The third-order valence-electron chi connectivity index (χ3n) is 4.85. The number of aryl methyl sites for hydroxylation is 2. The lowest BCUT2D eigenvalue weighted by Gasteiger charge is -2.33. The Hall–Kier alpha value is -2.18. The van der Waals surface area contributed by atoms with E-state index in [1.807, 2.05) is 23.4 Å². The van der Waals surface area contributed by atoms with Crippen molar-refractivity contribution in [2.45, 2.75) is 52.5 Å². The van der Waals surface area contributed by atoms with Gasteiger partial charge in [-0.15, -0.1) is 0 Å². The molecule has 2 aromatic heterocycles. The summed E-state index contributed by atoms with van der Waals surface area (Å²) in [5, 5.41) is 8.16. The Morgan fingerprint density at radius 2 is 2.29 bits per heavy atom. The van der Waals surface area contributed by atoms with E-state index in [0.29, 0.717) is 12.3 Å². The second-order valence-corrected chi connectivity index (χ2v) is 6.81. The Bertz CT molecular complexity index is 660. The number of amides is 1. The van der Waals surface area contributed by atoms with Crippen LogP contribution >= 0.6 is 0 Å². The summed E-state index contributed by atoms with van der Waals surface area (Å²) in [6.07, 6.45) is 5.96. The van der Waals surface area contributed by atoms with E-state index in [4.69, 9.17) is 4.52 Å². The van der Waals surface area contributed by atoms with E-state index in [0.717, 1.165) is 49.5 Å². The van der Waals surface area contributed by atoms with E-state index < -0.39 is 0 Å². The fourth-order valence-electron chi connectivity index (χ4n) is 3.72. The van der Waals surface area contributed by atoms with E-state index in [9.17, 15) is 4.79 Å². The molecule has 0 aliphatic carbocycles. The van der Waals surface area contributed by atoms with Gasteiger partial charge in [0, 0.05) is 31.6 Å². The van der Waals surface area contributed by atoms with E-state index in [2.05, 4.69) is 22.2 Å². The molecule has 130 valence electrons. The van der Waals surface area contributed by atoms with Crippen molar-refractivity contribution in [3.63, 3.8) is 0 Å². The Labute approximate surface area is 142 Å². The van der Waals surface area contributed by atoms with E-state index in [1.54, 1.807) is 12.7 Å². The highest BCUT2D eigenvalue weighted by molar-refractivity contribution is 5.77. The third kappa shape index (κ3) is 3.66. The minimum Gasteiger partial charge on any atom is -0.361 e. The Balaban J connectivity index is 1.58. The van der Waals surface area contributed by atoms with Crippen LogP contribution in [-0.4, -0.2) is 43.8 Å². The van der Waals surface area contributed by atoms with Crippen LogP contribution in [0.15, 0.2) is 17.2 Å². The van der Waals surface area contributed by atoms with Gasteiger partial charge in [0.25, 0.3) is 0 Å². The lowest BCUT2D eigenvalue weighted by atomic mass is 9.93. The third-order valence-corrected chi connectivity index (χ3v) is 4.85. The summed E-state index contributed by atoms with van der Waals surface area (Å²) in [6.45, 7) is 8.38. The highest BCUT2D eigenvalue weighted by atomic mass is 16.5. The van der Waals surface area contributed by atoms with Gasteiger partial charge in [-0.05, 0) is 38.5 Å². The summed E-state index contributed by atoms with van der Waals surface area (Å²) in [7, 11) is 0. The standard InChI is InChI=1S/C17H25N5O2/c1-12(17-13(2)20-24-14(17)3)7-16(23)21-6-4-5-15(8-21)9-22-11-18-10-19-22/h10-12,15H,4-9H2,1-3H3/t12-,15+/m0/s1. The van der Waals surface area contributed by atoms with Gasteiger partial charge in [0.05, 0.1) is 5.69 Å². The van der Waals surface area contributed by atoms with Gasteiger partial charge in [0.1, 0.15) is 18.4 Å². The molecule has 3 heterocycles. The molecular formula is C17H25N5O2. The maximum Gasteiger partial charge on any atom is 0.223 e. The quantitative estimate of drug-likeness (QED) is 0.840. The zero-order valence-corrected chi connectivity index (χ0v) is 14.6. The average Bonchev–Trinajstić information content (AvgIpc) is 3.17. The summed E-state index contributed by atoms with van der Waals surface area (Å²) >= 11 is 0. The lowest BCUT2D eigenvalue weighted by molar-refractivity contribution is -0.133. The van der Waals surface area contributed by atoms with E-state index in [-0.39, 0.29) is 11.8 Å². The monoisotopic (exact) mass is 331 g/mol. The number of hydrogen-bond donors (Lipinski definition) is 0. The maximum absolute atomic E-state index is 12.7. The predicted molar refractivity (Wildman–Crippen MR) is 88.3 cm³/mol. The van der Waals surface area contributed by atoms with Crippen LogP contribution < -0.4 is 0 Å². The molecule has 0 saturated carbocycles. The van der Waals surface area contributed by atoms with Crippen LogP contribution in [0.25, 0.3) is 0 Å². The predicted octanol–water partition coefficient (Wildman–Crippen LogP) is 2.32. The molecule has 1 fully saturated rings. The molecule has 2 atom stereocenters. The van der Waals surface area contributed by atoms with Crippen molar-refractivity contribution >= 4 is 5.91 Å². The molecule has 1 amide bonds. The van der Waals surface area contributed by atoms with Crippen molar-refractivity contribution in [1.29, 1.82) is 0 Å². The van der Waals surface area contributed by atoms with Gasteiger partial charge in [-0.1, -0.05) is 12.1 Å². The van der Waals surface area contributed by atoms with Gasteiger partial charge in [-0.2, -0.15) is 5.10 Å². The first-order valence-electron chi connectivity index (χ1n) is 8.57. The van der Waals surface area contributed by atoms with Crippen molar-refractivity contribution in [2.24, 2.45) is 5.92 Å². The van der Waals surface area contributed by atoms with Crippen LogP contribution in [0.2, 0.25) is 0 Å². The zero-order valence-electron chi connectivity index (χ0n) is 14.6. The normalized spacial score (nSPS) is 19.5. The molecule has 3 rings (SSSR count). The summed E-state index contributed by atoms with van der Waals surface area (Å²) in [4.78, 5) is 18.7. The fraction of sp³-hybridized carbons (Fsp3) is 0.647. The molecule has 2 aromatic rings. The molecule has 1 aliphatic rings. The Kier molecular flexibility index (Phi) is 4.97. The molecule has 0 spiro atoms. The Morgan fingerprint density at radius 1 is 1.46 bits per heavy atom. The minimum absolute atomic E-state index is 0.124. The van der Waals surface area contributed by atoms with Crippen molar-refractivity contribution in [3.8, 4) is 0 Å². The van der Waals surface area contributed by atoms with Crippen LogP contribution in [0.4, 0.5) is 0 Å². The topological polar surface area (TPSA) is 77.0 Å². The molecule has 0 N–H and O–H groups in total. The van der Waals surface area contributed by atoms with Crippen molar-refractivity contribution < 1.29 is 9.32 Å². The number of aromatic nitrogens is 4. The molecule has 1 saturated heterocycles. The highest BCUT2D eigenvalue weighted by Gasteiger charge is 2.27.